The van der Waals surface area contributed by atoms with Gasteiger partial charge in [-0.3, -0.25) is 4.79 Å². The predicted molar refractivity (Wildman–Crippen MR) is 97.6 cm³/mol. The molecule has 0 fully saturated rings. The monoisotopic (exact) mass is 495 g/mol. The van der Waals surface area contributed by atoms with E-state index in [1.54, 1.807) is 0 Å². The second-order valence-corrected chi connectivity index (χ2v) is 6.63. The van der Waals surface area contributed by atoms with E-state index < -0.39 is 70.8 Å². The molecule has 14 heteroatoms. The molecule has 0 aliphatic rings. The van der Waals surface area contributed by atoms with Gasteiger partial charge in [-0.25, -0.2) is 18.2 Å². The van der Waals surface area contributed by atoms with Crippen molar-refractivity contribution in [1.82, 2.24) is 9.97 Å². The quantitative estimate of drug-likeness (QED) is 0.345. The molecule has 180 valence electrons. The summed E-state index contributed by atoms with van der Waals surface area (Å²) in [5.74, 6) is -9.82. The minimum absolute atomic E-state index is 0.301. The molecule has 3 aromatic rings. The highest BCUT2D eigenvalue weighted by molar-refractivity contribution is 6.05. The summed E-state index contributed by atoms with van der Waals surface area (Å²) in [7, 11) is 0. The van der Waals surface area contributed by atoms with E-state index in [1.807, 2.05) is 5.32 Å². The lowest BCUT2D eigenvalue weighted by Crippen LogP contribution is -2.18. The number of ether oxygens (including phenoxy) is 1. The molecule has 1 N–H and O–H groups in total. The van der Waals surface area contributed by atoms with Gasteiger partial charge in [0, 0.05) is 6.20 Å². The first-order valence-corrected chi connectivity index (χ1v) is 8.97. The number of benzene rings is 2. The van der Waals surface area contributed by atoms with Crippen LogP contribution in [-0.4, -0.2) is 22.1 Å². The van der Waals surface area contributed by atoms with E-state index in [1.165, 1.54) is 0 Å². The first-order valence-electron chi connectivity index (χ1n) is 8.97. The summed E-state index contributed by atoms with van der Waals surface area (Å²) >= 11 is 0. The van der Waals surface area contributed by atoms with Crippen LogP contribution >= 0.6 is 0 Å². The summed E-state index contributed by atoms with van der Waals surface area (Å²) in [4.78, 5) is 18.6. The van der Waals surface area contributed by atoms with E-state index in [-0.39, 0.29) is 5.56 Å². The molecule has 0 spiro atoms. The van der Waals surface area contributed by atoms with Gasteiger partial charge in [-0.2, -0.15) is 31.3 Å². The molecule has 0 saturated carbocycles. The van der Waals surface area contributed by atoms with Gasteiger partial charge in [-0.1, -0.05) is 12.1 Å². The molecule has 0 aliphatic carbocycles. The van der Waals surface area contributed by atoms with Crippen LogP contribution in [0.2, 0.25) is 0 Å². The Kier molecular flexibility index (Phi) is 6.70. The highest BCUT2D eigenvalue weighted by Gasteiger charge is 2.36. The number of rotatable bonds is 5. The van der Waals surface area contributed by atoms with Crippen molar-refractivity contribution >= 4 is 11.6 Å². The van der Waals surface area contributed by atoms with E-state index in [4.69, 9.17) is 4.74 Å². The number of amides is 1. The number of hydrogen-bond acceptors (Lipinski definition) is 4. The summed E-state index contributed by atoms with van der Waals surface area (Å²) in [5.41, 5.74) is -1.97. The van der Waals surface area contributed by atoms with Crippen LogP contribution in [0.4, 0.5) is 45.2 Å². The maximum atomic E-state index is 13.9. The van der Waals surface area contributed by atoms with Crippen LogP contribution in [0.1, 0.15) is 21.7 Å². The van der Waals surface area contributed by atoms with Crippen LogP contribution < -0.4 is 10.1 Å². The molecule has 0 atom stereocenters. The van der Waals surface area contributed by atoms with Crippen molar-refractivity contribution in [3.63, 3.8) is 0 Å². The van der Waals surface area contributed by atoms with Crippen molar-refractivity contribution in [3.8, 4) is 11.6 Å². The number of aromatic nitrogens is 2. The Bertz CT molecular complexity index is 1230. The first-order chi connectivity index (χ1) is 15.7. The number of carbonyl (C=O) groups excluding carboxylic acids is 1. The van der Waals surface area contributed by atoms with Gasteiger partial charge >= 0.3 is 12.4 Å². The Hall–Kier alpha value is -3.84. The molecule has 0 unspecified atom stereocenters. The Balaban J connectivity index is 1.98. The first kappa shape index (κ1) is 24.8. The number of carbonyl (C=O) groups is 1. The maximum absolute atomic E-state index is 13.9. The zero-order valence-electron chi connectivity index (χ0n) is 16.4. The SMILES string of the molecule is O=C(Nc1ccc(F)c(F)c1F)c1cnc(C(F)(F)F)nc1Oc1cccc(CC(F)(F)F)c1. The van der Waals surface area contributed by atoms with Crippen molar-refractivity contribution in [1.29, 1.82) is 0 Å². The lowest BCUT2D eigenvalue weighted by molar-refractivity contribution is -0.145. The van der Waals surface area contributed by atoms with Crippen LogP contribution in [0.5, 0.6) is 11.6 Å². The van der Waals surface area contributed by atoms with Crippen molar-refractivity contribution in [2.75, 3.05) is 5.32 Å². The van der Waals surface area contributed by atoms with Gasteiger partial charge in [0.1, 0.15) is 11.3 Å². The van der Waals surface area contributed by atoms with Gasteiger partial charge < -0.3 is 10.1 Å². The molecule has 3 rings (SSSR count). The lowest BCUT2D eigenvalue weighted by atomic mass is 10.1. The minimum Gasteiger partial charge on any atom is -0.438 e. The molecule has 34 heavy (non-hydrogen) atoms. The summed E-state index contributed by atoms with van der Waals surface area (Å²) in [6, 6.07) is 5.30. The highest BCUT2D eigenvalue weighted by atomic mass is 19.4. The highest BCUT2D eigenvalue weighted by Crippen LogP contribution is 2.32. The Morgan fingerprint density at radius 1 is 0.971 bits per heavy atom. The Labute approximate surface area is 184 Å². The summed E-state index contributed by atoms with van der Waals surface area (Å²) in [6.45, 7) is 0. The van der Waals surface area contributed by atoms with Gasteiger partial charge in [-0.05, 0) is 29.8 Å². The third kappa shape index (κ3) is 5.94. The molecule has 0 saturated heterocycles. The fourth-order valence-corrected chi connectivity index (χ4v) is 2.61. The van der Waals surface area contributed by atoms with Crippen LogP contribution in [0.25, 0.3) is 0 Å². The smallest absolute Gasteiger partial charge is 0.438 e. The van der Waals surface area contributed by atoms with E-state index in [0.29, 0.717) is 18.3 Å². The van der Waals surface area contributed by atoms with Gasteiger partial charge in [0.05, 0.1) is 12.1 Å². The summed E-state index contributed by atoms with van der Waals surface area (Å²) in [5, 5.41) is 1.81. The molecule has 5 nitrogen and oxygen atoms in total. The predicted octanol–water partition coefficient (Wildman–Crippen LogP) is 6.06. The Morgan fingerprint density at radius 2 is 1.68 bits per heavy atom. The lowest BCUT2D eigenvalue weighted by Gasteiger charge is -2.14. The van der Waals surface area contributed by atoms with E-state index in [2.05, 4.69) is 9.97 Å². The zero-order valence-corrected chi connectivity index (χ0v) is 16.4. The second kappa shape index (κ2) is 9.19. The normalized spacial score (nSPS) is 11.9. The number of nitrogens with zero attached hydrogens (tertiary/aromatic N) is 2. The third-order valence-corrected chi connectivity index (χ3v) is 4.05. The summed E-state index contributed by atoms with van der Waals surface area (Å²) < 4.78 is 122. The van der Waals surface area contributed by atoms with Crippen LogP contribution in [-0.2, 0) is 12.6 Å². The van der Waals surface area contributed by atoms with Gasteiger partial charge in [0.2, 0.25) is 11.7 Å². The van der Waals surface area contributed by atoms with Crippen LogP contribution in [0.15, 0.2) is 42.6 Å². The van der Waals surface area contributed by atoms with Crippen molar-refractivity contribution in [2.24, 2.45) is 0 Å². The number of anilines is 1. The molecule has 1 heterocycles. The van der Waals surface area contributed by atoms with Crippen LogP contribution in [0.3, 0.4) is 0 Å². The van der Waals surface area contributed by atoms with Crippen LogP contribution in [0, 0.1) is 17.5 Å². The van der Waals surface area contributed by atoms with Crippen molar-refractivity contribution < 1.29 is 49.0 Å². The Morgan fingerprint density at radius 3 is 2.32 bits per heavy atom. The average Bonchev–Trinajstić information content (AvgIpc) is 2.72. The standard InChI is InChI=1S/C20H10F9N3O2/c21-12-4-5-13(15(23)14(12)22)31-16(33)11-8-30-18(20(27,28)29)32-17(11)34-10-3-1-2-9(6-10)7-19(24,25)26/h1-6,8H,7H2,(H,31,33). The fraction of sp³-hybridized carbons (Fsp3) is 0.150. The maximum Gasteiger partial charge on any atom is 0.451 e. The number of hydrogen-bond donors (Lipinski definition) is 1. The molecular weight excluding hydrogens is 485 g/mol. The molecular formula is C20H10F9N3O2. The minimum atomic E-state index is -5.09. The second-order valence-electron chi connectivity index (χ2n) is 6.63. The molecule has 0 bridgehead atoms. The van der Waals surface area contributed by atoms with Crippen molar-refractivity contribution in [3.05, 3.63) is 77.0 Å². The molecule has 1 aromatic heterocycles. The molecule has 0 radical (unpaired) electrons. The fourth-order valence-electron chi connectivity index (χ4n) is 2.61. The number of halogens is 9. The van der Waals surface area contributed by atoms with E-state index in [9.17, 15) is 44.3 Å². The van der Waals surface area contributed by atoms with E-state index >= 15 is 0 Å². The third-order valence-electron chi connectivity index (χ3n) is 4.05. The van der Waals surface area contributed by atoms with Gasteiger partial charge in [0.15, 0.2) is 17.5 Å². The molecule has 2 aromatic carbocycles. The molecule has 1 amide bonds. The number of alkyl halides is 6. The largest absolute Gasteiger partial charge is 0.451 e. The van der Waals surface area contributed by atoms with E-state index in [0.717, 1.165) is 24.3 Å². The molecule has 0 aliphatic heterocycles. The topological polar surface area (TPSA) is 64.1 Å². The van der Waals surface area contributed by atoms with Crippen molar-refractivity contribution in [2.45, 2.75) is 18.8 Å². The van der Waals surface area contributed by atoms with Gasteiger partial charge in [-0.15, -0.1) is 0 Å². The summed E-state index contributed by atoms with van der Waals surface area (Å²) in [6.07, 6.45) is -10.7. The number of nitrogens with one attached hydrogen (secondary N) is 1. The van der Waals surface area contributed by atoms with Gasteiger partial charge in [0.25, 0.3) is 5.91 Å². The average molecular weight is 495 g/mol. The zero-order chi connectivity index (χ0) is 25.3.